The first kappa shape index (κ1) is 15.9. The Hall–Kier alpha value is -1.46. The number of nitrogens with one attached hydrogen (secondary N) is 1. The molecule has 1 unspecified atom stereocenters. The van der Waals surface area contributed by atoms with Crippen molar-refractivity contribution in [1.29, 1.82) is 0 Å². The van der Waals surface area contributed by atoms with Gasteiger partial charge in [-0.1, -0.05) is 11.8 Å². The van der Waals surface area contributed by atoms with E-state index in [4.69, 9.17) is 10.5 Å². The second kappa shape index (κ2) is 6.54. The van der Waals surface area contributed by atoms with Crippen LogP contribution in [0.4, 0.5) is 0 Å². The zero-order valence-corrected chi connectivity index (χ0v) is 12.7. The summed E-state index contributed by atoms with van der Waals surface area (Å²) in [7, 11) is -3.66. The predicted octanol–water partition coefficient (Wildman–Crippen LogP) is 0.239. The van der Waals surface area contributed by atoms with Gasteiger partial charge < -0.3 is 10.5 Å². The largest absolute Gasteiger partial charge is 0.380 e. The van der Waals surface area contributed by atoms with Crippen LogP contribution in [0.2, 0.25) is 0 Å². The van der Waals surface area contributed by atoms with Crippen LogP contribution in [-0.2, 0) is 14.8 Å². The molecule has 1 aliphatic heterocycles. The van der Waals surface area contributed by atoms with Gasteiger partial charge in [-0.05, 0) is 25.8 Å². The minimum atomic E-state index is -3.66. The van der Waals surface area contributed by atoms with Crippen LogP contribution in [0.15, 0.2) is 23.4 Å². The Labute approximate surface area is 125 Å². The minimum absolute atomic E-state index is 0.0955. The van der Waals surface area contributed by atoms with Crippen LogP contribution < -0.4 is 10.5 Å². The molecule has 0 aliphatic carbocycles. The number of sulfonamides is 1. The lowest BCUT2D eigenvalue weighted by Gasteiger charge is -2.33. The summed E-state index contributed by atoms with van der Waals surface area (Å²) in [6.45, 7) is 3.09. The molecule has 0 bridgehead atoms. The lowest BCUT2D eigenvalue weighted by Crippen LogP contribution is -2.51. The molecular weight excluding hydrogens is 290 g/mol. The van der Waals surface area contributed by atoms with E-state index in [0.717, 1.165) is 12.8 Å². The van der Waals surface area contributed by atoms with Crippen LogP contribution in [0.25, 0.3) is 0 Å². The number of ether oxygens (including phenoxy) is 1. The summed E-state index contributed by atoms with van der Waals surface area (Å²) < 4.78 is 33.0. The summed E-state index contributed by atoms with van der Waals surface area (Å²) in [6.07, 6.45) is 4.39. The first-order valence-corrected chi connectivity index (χ1v) is 8.19. The maximum Gasteiger partial charge on any atom is 0.242 e. The van der Waals surface area contributed by atoms with E-state index in [9.17, 15) is 8.42 Å². The number of hydrogen-bond donors (Lipinski definition) is 2. The summed E-state index contributed by atoms with van der Waals surface area (Å²) in [4.78, 5) is 4.02. The molecule has 0 spiro atoms. The number of aromatic nitrogens is 1. The molecule has 0 saturated carbocycles. The SMILES string of the molecule is CC1(NS(=O)(=O)c2cncc(C#CCN)c2)CCCOC1. The number of pyridine rings is 1. The third kappa shape index (κ3) is 4.25. The van der Waals surface area contributed by atoms with E-state index in [0.29, 0.717) is 18.8 Å². The van der Waals surface area contributed by atoms with Gasteiger partial charge in [-0.2, -0.15) is 0 Å². The number of hydrogen-bond acceptors (Lipinski definition) is 5. The van der Waals surface area contributed by atoms with Crippen LogP contribution in [0, 0.1) is 11.8 Å². The molecule has 114 valence electrons. The lowest BCUT2D eigenvalue weighted by molar-refractivity contribution is 0.0386. The number of rotatable bonds is 3. The molecule has 2 rings (SSSR count). The standard InChI is InChI=1S/C14H19N3O3S/c1-14(5-3-7-20-11-14)17-21(18,19)13-8-12(4-2-6-15)9-16-10-13/h8-10,17H,3,5-7,11,15H2,1H3. The average Bonchev–Trinajstić information content (AvgIpc) is 2.45. The summed E-state index contributed by atoms with van der Waals surface area (Å²) in [5, 5.41) is 0. The van der Waals surface area contributed by atoms with Crippen LogP contribution in [-0.4, -0.2) is 38.7 Å². The minimum Gasteiger partial charge on any atom is -0.380 e. The topological polar surface area (TPSA) is 94.3 Å². The maximum atomic E-state index is 12.5. The second-order valence-electron chi connectivity index (χ2n) is 5.24. The van der Waals surface area contributed by atoms with E-state index >= 15 is 0 Å². The Morgan fingerprint density at radius 1 is 1.52 bits per heavy atom. The fraction of sp³-hybridized carbons (Fsp3) is 0.500. The van der Waals surface area contributed by atoms with Crippen molar-refractivity contribution in [2.24, 2.45) is 5.73 Å². The number of nitrogens with two attached hydrogens (primary N) is 1. The van der Waals surface area contributed by atoms with Crippen LogP contribution in [0.5, 0.6) is 0 Å². The molecular formula is C14H19N3O3S. The molecule has 0 radical (unpaired) electrons. The molecule has 1 fully saturated rings. The van der Waals surface area contributed by atoms with Crippen LogP contribution >= 0.6 is 0 Å². The van der Waals surface area contributed by atoms with Crippen molar-refractivity contribution in [1.82, 2.24) is 9.71 Å². The van der Waals surface area contributed by atoms with Crippen molar-refractivity contribution >= 4 is 10.0 Å². The van der Waals surface area contributed by atoms with Gasteiger partial charge >= 0.3 is 0 Å². The third-order valence-electron chi connectivity index (χ3n) is 3.18. The van der Waals surface area contributed by atoms with Gasteiger partial charge in [0, 0.05) is 24.6 Å². The van der Waals surface area contributed by atoms with Crippen molar-refractivity contribution in [2.75, 3.05) is 19.8 Å². The van der Waals surface area contributed by atoms with E-state index in [1.165, 1.54) is 18.5 Å². The fourth-order valence-electron chi connectivity index (χ4n) is 2.19. The molecule has 1 aromatic heterocycles. The van der Waals surface area contributed by atoms with E-state index < -0.39 is 15.6 Å². The van der Waals surface area contributed by atoms with E-state index in [2.05, 4.69) is 21.5 Å². The molecule has 1 aromatic rings. The van der Waals surface area contributed by atoms with Gasteiger partial charge in [0.15, 0.2) is 0 Å². The first-order valence-electron chi connectivity index (χ1n) is 6.71. The molecule has 0 amide bonds. The van der Waals surface area contributed by atoms with Crippen LogP contribution in [0.3, 0.4) is 0 Å². The van der Waals surface area contributed by atoms with Crippen LogP contribution in [0.1, 0.15) is 25.3 Å². The Balaban J connectivity index is 2.23. The Morgan fingerprint density at radius 2 is 2.33 bits per heavy atom. The monoisotopic (exact) mass is 309 g/mol. The zero-order valence-electron chi connectivity index (χ0n) is 11.9. The van der Waals surface area contributed by atoms with Crippen molar-refractivity contribution in [3.63, 3.8) is 0 Å². The quantitative estimate of drug-likeness (QED) is 0.780. The van der Waals surface area contributed by atoms with Gasteiger partial charge in [0.2, 0.25) is 10.0 Å². The highest BCUT2D eigenvalue weighted by Gasteiger charge is 2.33. The van der Waals surface area contributed by atoms with Gasteiger partial charge in [-0.15, -0.1) is 0 Å². The lowest BCUT2D eigenvalue weighted by atomic mass is 9.97. The second-order valence-corrected chi connectivity index (χ2v) is 6.92. The van der Waals surface area contributed by atoms with E-state index in [-0.39, 0.29) is 11.4 Å². The van der Waals surface area contributed by atoms with Crippen molar-refractivity contribution < 1.29 is 13.2 Å². The highest BCUT2D eigenvalue weighted by molar-refractivity contribution is 7.89. The van der Waals surface area contributed by atoms with Crippen molar-refractivity contribution in [3.05, 3.63) is 24.0 Å². The normalized spacial score (nSPS) is 22.4. The van der Waals surface area contributed by atoms with Gasteiger partial charge in [0.1, 0.15) is 4.90 Å². The van der Waals surface area contributed by atoms with Gasteiger partial charge in [0.25, 0.3) is 0 Å². The highest BCUT2D eigenvalue weighted by atomic mass is 32.2. The zero-order chi connectivity index (χ0) is 15.3. The Morgan fingerprint density at radius 3 is 3.00 bits per heavy atom. The molecule has 3 N–H and O–H groups in total. The van der Waals surface area contributed by atoms with Gasteiger partial charge in [-0.25, -0.2) is 13.1 Å². The van der Waals surface area contributed by atoms with E-state index in [1.54, 1.807) is 0 Å². The molecule has 6 nitrogen and oxygen atoms in total. The van der Waals surface area contributed by atoms with E-state index in [1.807, 2.05) is 6.92 Å². The summed E-state index contributed by atoms with van der Waals surface area (Å²) in [5.74, 6) is 5.45. The Kier molecular flexibility index (Phi) is 4.96. The average molecular weight is 309 g/mol. The smallest absolute Gasteiger partial charge is 0.242 e. The van der Waals surface area contributed by atoms with Gasteiger partial charge in [0.05, 0.1) is 18.7 Å². The van der Waals surface area contributed by atoms with Crippen molar-refractivity contribution in [3.8, 4) is 11.8 Å². The molecule has 1 saturated heterocycles. The fourth-order valence-corrected chi connectivity index (χ4v) is 3.59. The molecule has 21 heavy (non-hydrogen) atoms. The van der Waals surface area contributed by atoms with Gasteiger partial charge in [-0.3, -0.25) is 4.98 Å². The molecule has 2 heterocycles. The predicted molar refractivity (Wildman–Crippen MR) is 78.9 cm³/mol. The first-order chi connectivity index (χ1) is 9.95. The molecule has 0 aromatic carbocycles. The molecule has 7 heteroatoms. The van der Waals surface area contributed by atoms with Crippen molar-refractivity contribution in [2.45, 2.75) is 30.2 Å². The molecule has 1 aliphatic rings. The summed E-state index contributed by atoms with van der Waals surface area (Å²) in [6, 6.07) is 1.49. The molecule has 1 atom stereocenters. The maximum absolute atomic E-state index is 12.5. The third-order valence-corrected chi connectivity index (χ3v) is 4.78. The summed E-state index contributed by atoms with van der Waals surface area (Å²) in [5.41, 5.74) is 5.24. The Bertz CT molecular complexity index is 656. The highest BCUT2D eigenvalue weighted by Crippen LogP contribution is 2.21. The summed E-state index contributed by atoms with van der Waals surface area (Å²) >= 11 is 0. The number of nitrogens with zero attached hydrogens (tertiary/aromatic N) is 1.